The average molecular weight is 366 g/mol. The molecule has 0 saturated heterocycles. The van der Waals surface area contributed by atoms with Crippen LogP contribution in [-0.4, -0.2) is 31.4 Å². The molecule has 0 bridgehead atoms. The molecule has 0 aliphatic carbocycles. The Kier molecular flexibility index (Phi) is 5.07. The van der Waals surface area contributed by atoms with E-state index in [9.17, 15) is 9.59 Å². The SMILES string of the molecule is CCn1cc(NC(=O)c2ccc(Cn3nc(C)cc3C)cc2)c(C(N)=O)n1. The summed E-state index contributed by atoms with van der Waals surface area (Å²) in [7, 11) is 0. The molecule has 0 radical (unpaired) electrons. The third-order valence-electron chi connectivity index (χ3n) is 4.22. The standard InChI is InChI=1S/C19H22N6O2/c1-4-24-11-16(17(23-24)18(20)26)21-19(27)15-7-5-14(6-8-15)10-25-13(3)9-12(2)22-25/h5-9,11H,4,10H2,1-3H3,(H2,20,26)(H,21,27). The Labute approximate surface area is 157 Å². The van der Waals surface area contributed by atoms with Gasteiger partial charge in [0.05, 0.1) is 17.9 Å². The van der Waals surface area contributed by atoms with Crippen molar-refractivity contribution < 1.29 is 9.59 Å². The summed E-state index contributed by atoms with van der Waals surface area (Å²) in [6.45, 7) is 7.05. The zero-order chi connectivity index (χ0) is 19.6. The maximum absolute atomic E-state index is 12.5. The predicted molar refractivity (Wildman–Crippen MR) is 102 cm³/mol. The zero-order valence-electron chi connectivity index (χ0n) is 15.6. The first kappa shape index (κ1) is 18.4. The van der Waals surface area contributed by atoms with Crippen LogP contribution in [0.1, 0.15) is 44.7 Å². The van der Waals surface area contributed by atoms with E-state index in [1.54, 1.807) is 23.0 Å². The van der Waals surface area contributed by atoms with Crippen LogP contribution in [0.15, 0.2) is 36.5 Å². The van der Waals surface area contributed by atoms with E-state index in [2.05, 4.69) is 15.5 Å². The number of primary amides is 1. The summed E-state index contributed by atoms with van der Waals surface area (Å²) in [5.41, 5.74) is 9.26. The normalized spacial score (nSPS) is 10.8. The smallest absolute Gasteiger partial charge is 0.271 e. The van der Waals surface area contributed by atoms with E-state index in [0.29, 0.717) is 24.3 Å². The van der Waals surface area contributed by atoms with E-state index in [4.69, 9.17) is 5.73 Å². The Morgan fingerprint density at radius 2 is 1.85 bits per heavy atom. The van der Waals surface area contributed by atoms with E-state index in [1.807, 2.05) is 43.7 Å². The zero-order valence-corrected chi connectivity index (χ0v) is 15.6. The number of amides is 2. The highest BCUT2D eigenvalue weighted by atomic mass is 16.2. The molecule has 0 aliphatic heterocycles. The minimum Gasteiger partial charge on any atom is -0.364 e. The summed E-state index contributed by atoms with van der Waals surface area (Å²) in [4.78, 5) is 24.0. The van der Waals surface area contributed by atoms with Gasteiger partial charge in [0.25, 0.3) is 11.8 Å². The highest BCUT2D eigenvalue weighted by molar-refractivity contribution is 6.07. The largest absolute Gasteiger partial charge is 0.364 e. The van der Waals surface area contributed by atoms with Crippen LogP contribution < -0.4 is 11.1 Å². The van der Waals surface area contributed by atoms with Crippen LogP contribution in [-0.2, 0) is 13.1 Å². The molecule has 2 aromatic heterocycles. The fourth-order valence-electron chi connectivity index (χ4n) is 2.82. The predicted octanol–water partition coefficient (Wildman–Crippen LogP) is 2.12. The van der Waals surface area contributed by atoms with Gasteiger partial charge in [0.2, 0.25) is 0 Å². The second-order valence-corrected chi connectivity index (χ2v) is 6.35. The maximum atomic E-state index is 12.5. The summed E-state index contributed by atoms with van der Waals surface area (Å²) >= 11 is 0. The third-order valence-corrected chi connectivity index (χ3v) is 4.22. The van der Waals surface area contributed by atoms with Gasteiger partial charge in [-0.15, -0.1) is 0 Å². The average Bonchev–Trinajstić information content (AvgIpc) is 3.18. The Morgan fingerprint density at radius 3 is 2.41 bits per heavy atom. The topological polar surface area (TPSA) is 108 Å². The highest BCUT2D eigenvalue weighted by Gasteiger charge is 2.17. The van der Waals surface area contributed by atoms with Crippen LogP contribution in [0, 0.1) is 13.8 Å². The first-order chi connectivity index (χ1) is 12.9. The molecule has 0 aliphatic rings. The number of aromatic nitrogens is 4. The molecule has 8 nitrogen and oxygen atoms in total. The lowest BCUT2D eigenvalue weighted by atomic mass is 10.1. The number of nitrogens with two attached hydrogens (primary N) is 1. The number of rotatable bonds is 6. The second-order valence-electron chi connectivity index (χ2n) is 6.35. The quantitative estimate of drug-likeness (QED) is 0.696. The molecule has 3 aromatic rings. The number of hydrogen-bond donors (Lipinski definition) is 2. The Hall–Kier alpha value is -3.42. The lowest BCUT2D eigenvalue weighted by Crippen LogP contribution is -2.18. The van der Waals surface area contributed by atoms with E-state index in [0.717, 1.165) is 17.0 Å². The fraction of sp³-hybridized carbons (Fsp3) is 0.263. The molecule has 8 heteroatoms. The molecule has 2 heterocycles. The lowest BCUT2D eigenvalue weighted by Gasteiger charge is -2.07. The molecular weight excluding hydrogens is 344 g/mol. The number of anilines is 1. The molecule has 0 spiro atoms. The van der Waals surface area contributed by atoms with Crippen LogP contribution in [0.5, 0.6) is 0 Å². The van der Waals surface area contributed by atoms with E-state index in [1.165, 1.54) is 0 Å². The number of carbonyl (C=O) groups excluding carboxylic acids is 2. The second kappa shape index (κ2) is 7.45. The van der Waals surface area contributed by atoms with Crippen molar-refractivity contribution in [1.82, 2.24) is 19.6 Å². The van der Waals surface area contributed by atoms with E-state index >= 15 is 0 Å². The molecule has 27 heavy (non-hydrogen) atoms. The van der Waals surface area contributed by atoms with Crippen molar-refractivity contribution in [3.63, 3.8) is 0 Å². The number of carbonyl (C=O) groups is 2. The molecular formula is C19H22N6O2. The van der Waals surface area contributed by atoms with Crippen LogP contribution in [0.2, 0.25) is 0 Å². The third kappa shape index (κ3) is 4.05. The number of nitrogens with one attached hydrogen (secondary N) is 1. The van der Waals surface area contributed by atoms with Crippen molar-refractivity contribution in [1.29, 1.82) is 0 Å². The highest BCUT2D eigenvalue weighted by Crippen LogP contribution is 2.16. The van der Waals surface area contributed by atoms with Crippen LogP contribution in [0.4, 0.5) is 5.69 Å². The molecule has 0 saturated carbocycles. The van der Waals surface area contributed by atoms with Crippen molar-refractivity contribution in [3.05, 3.63) is 64.7 Å². The van der Waals surface area contributed by atoms with Gasteiger partial charge in [-0.3, -0.25) is 19.0 Å². The summed E-state index contributed by atoms with van der Waals surface area (Å²) in [6.07, 6.45) is 1.59. The first-order valence-corrected chi connectivity index (χ1v) is 8.66. The summed E-state index contributed by atoms with van der Waals surface area (Å²) < 4.78 is 3.47. The van der Waals surface area contributed by atoms with Gasteiger partial charge in [-0.05, 0) is 44.5 Å². The van der Waals surface area contributed by atoms with Gasteiger partial charge in [-0.1, -0.05) is 12.1 Å². The van der Waals surface area contributed by atoms with Gasteiger partial charge in [0, 0.05) is 24.0 Å². The Morgan fingerprint density at radius 1 is 1.15 bits per heavy atom. The van der Waals surface area contributed by atoms with Gasteiger partial charge in [0.15, 0.2) is 5.69 Å². The van der Waals surface area contributed by atoms with Crippen LogP contribution >= 0.6 is 0 Å². The number of hydrogen-bond acceptors (Lipinski definition) is 4. The van der Waals surface area contributed by atoms with Gasteiger partial charge < -0.3 is 11.1 Å². The first-order valence-electron chi connectivity index (χ1n) is 8.66. The summed E-state index contributed by atoms with van der Waals surface area (Å²) in [6, 6.07) is 9.27. The minimum atomic E-state index is -0.683. The molecule has 0 unspecified atom stereocenters. The van der Waals surface area contributed by atoms with Crippen molar-refractivity contribution in [2.45, 2.75) is 33.9 Å². The lowest BCUT2D eigenvalue weighted by molar-refractivity contribution is 0.0995. The van der Waals surface area contributed by atoms with Crippen molar-refractivity contribution in [3.8, 4) is 0 Å². The van der Waals surface area contributed by atoms with Gasteiger partial charge in [-0.2, -0.15) is 10.2 Å². The Balaban J connectivity index is 1.73. The molecule has 1 aromatic carbocycles. The fourth-order valence-corrected chi connectivity index (χ4v) is 2.82. The maximum Gasteiger partial charge on any atom is 0.271 e. The minimum absolute atomic E-state index is 0.0475. The van der Waals surface area contributed by atoms with Gasteiger partial charge in [0.1, 0.15) is 0 Å². The van der Waals surface area contributed by atoms with Crippen LogP contribution in [0.25, 0.3) is 0 Å². The molecule has 3 N–H and O–H groups in total. The monoisotopic (exact) mass is 366 g/mol. The van der Waals surface area contributed by atoms with Crippen molar-refractivity contribution in [2.75, 3.05) is 5.32 Å². The number of benzene rings is 1. The van der Waals surface area contributed by atoms with E-state index in [-0.39, 0.29) is 11.6 Å². The molecule has 0 fully saturated rings. The number of nitrogens with zero attached hydrogens (tertiary/aromatic N) is 4. The van der Waals surface area contributed by atoms with Gasteiger partial charge >= 0.3 is 0 Å². The molecule has 0 atom stereocenters. The van der Waals surface area contributed by atoms with E-state index < -0.39 is 5.91 Å². The van der Waals surface area contributed by atoms with Crippen LogP contribution in [0.3, 0.4) is 0 Å². The molecule has 3 rings (SSSR count). The van der Waals surface area contributed by atoms with Crippen molar-refractivity contribution >= 4 is 17.5 Å². The molecule has 2 amide bonds. The summed E-state index contributed by atoms with van der Waals surface area (Å²) in [5.74, 6) is -1.01. The summed E-state index contributed by atoms with van der Waals surface area (Å²) in [5, 5.41) is 11.2. The Bertz CT molecular complexity index is 984. The van der Waals surface area contributed by atoms with Crippen molar-refractivity contribution in [2.24, 2.45) is 5.73 Å². The number of aryl methyl sites for hydroxylation is 3. The molecule has 140 valence electrons. The van der Waals surface area contributed by atoms with Gasteiger partial charge in [-0.25, -0.2) is 0 Å².